The molecule has 6 nitrogen and oxygen atoms in total. The van der Waals surface area contributed by atoms with E-state index >= 15 is 0 Å². The van der Waals surface area contributed by atoms with Gasteiger partial charge in [0.2, 0.25) is 9.84 Å². The fourth-order valence-electron chi connectivity index (χ4n) is 7.64. The van der Waals surface area contributed by atoms with E-state index in [-0.39, 0.29) is 20.8 Å². The molecule has 0 radical (unpaired) electrons. The van der Waals surface area contributed by atoms with Gasteiger partial charge in [-0.1, -0.05) is 107 Å². The summed E-state index contributed by atoms with van der Waals surface area (Å²) in [5.74, 6) is 2.02. The van der Waals surface area contributed by atoms with Crippen molar-refractivity contribution >= 4 is 44.0 Å². The smallest absolute Gasteiger partial charge is 0.206 e. The van der Waals surface area contributed by atoms with Crippen molar-refractivity contribution in [3.8, 4) is 28.4 Å². The highest BCUT2D eigenvalue weighted by Gasteiger charge is 2.23. The van der Waals surface area contributed by atoms with Crippen LogP contribution in [0.25, 0.3) is 11.1 Å². The average Bonchev–Trinajstić information content (AvgIpc) is 3.34. The maximum Gasteiger partial charge on any atom is 0.206 e. The summed E-state index contributed by atoms with van der Waals surface area (Å²) in [4.78, 5) is 4.96. The molecule has 8 rings (SSSR count). The second-order valence-electron chi connectivity index (χ2n) is 17.5. The second kappa shape index (κ2) is 18.9. The Kier molecular flexibility index (Phi) is 13.0. The Bertz CT molecular complexity index is 2920. The van der Waals surface area contributed by atoms with Crippen LogP contribution in [-0.4, -0.2) is 14.0 Å². The zero-order valence-corrected chi connectivity index (χ0v) is 38.8. The van der Waals surface area contributed by atoms with Crippen molar-refractivity contribution < 1.29 is 17.9 Å². The predicted molar refractivity (Wildman–Crippen MR) is 268 cm³/mol. The van der Waals surface area contributed by atoms with Gasteiger partial charge in [0.15, 0.2) is 0 Å². The number of hydrogen-bond acceptors (Lipinski definition) is 6. The summed E-state index contributed by atoms with van der Waals surface area (Å²) in [5, 5.41) is 0. The first-order valence-corrected chi connectivity index (χ1v) is 23.8. The third-order valence-corrected chi connectivity index (χ3v) is 14.0. The van der Waals surface area contributed by atoms with Crippen molar-refractivity contribution in [1.29, 1.82) is 0 Å². The van der Waals surface area contributed by atoms with Gasteiger partial charge in [-0.3, -0.25) is 0 Å². The molecule has 65 heavy (non-hydrogen) atoms. The van der Waals surface area contributed by atoms with Crippen LogP contribution in [0.5, 0.6) is 17.2 Å². The summed E-state index contributed by atoms with van der Waals surface area (Å²) in [6.07, 6.45) is 1.86. The Balaban J connectivity index is 0.992. The number of para-hydroxylation sites is 2. The normalized spacial score (nSPS) is 11.8. The van der Waals surface area contributed by atoms with Gasteiger partial charge in [0, 0.05) is 40.2 Å². The van der Waals surface area contributed by atoms with Crippen LogP contribution in [0, 0.1) is 0 Å². The lowest BCUT2D eigenvalue weighted by Gasteiger charge is -2.28. The third kappa shape index (κ3) is 10.2. The van der Waals surface area contributed by atoms with E-state index in [1.165, 1.54) is 0 Å². The molecular weight excluding hydrogens is 821 g/mol. The molecule has 0 N–H and O–H groups in total. The van der Waals surface area contributed by atoms with Crippen molar-refractivity contribution in [2.45, 2.75) is 75.2 Å². The van der Waals surface area contributed by atoms with Crippen molar-refractivity contribution in [3.63, 3.8) is 0 Å². The standard InChI is InChI=1S/C58H56N2O4S/c1-7-57(3,4)45-26-38-55(39-27-45)65(61,62)56-40-36-53(37-41-56)63-52-34-32-50(33-35-52)59(46-16-11-9-12-17-46)48-28-22-43(23-29-48)44-24-30-49(31-25-44)60(47-18-13-10-14-19-47)51-20-15-21-54(42-51)64-58(5,6)8-2/h9-42H,7-8H2,1-6H3. The van der Waals surface area contributed by atoms with E-state index in [1.807, 2.05) is 66.7 Å². The Morgan fingerprint density at radius 2 is 0.815 bits per heavy atom. The number of ether oxygens (including phenoxy) is 2. The lowest BCUT2D eigenvalue weighted by Crippen LogP contribution is -2.26. The number of benzene rings is 8. The molecule has 7 heteroatoms. The van der Waals surface area contributed by atoms with Crippen LogP contribution in [0.15, 0.2) is 216 Å². The zero-order valence-electron chi connectivity index (χ0n) is 38.0. The van der Waals surface area contributed by atoms with E-state index in [0.717, 1.165) is 69.4 Å². The molecule has 0 aliphatic heterocycles. The summed E-state index contributed by atoms with van der Waals surface area (Å²) in [6.45, 7) is 12.8. The van der Waals surface area contributed by atoms with Crippen LogP contribution in [0.2, 0.25) is 0 Å². The van der Waals surface area contributed by atoms with Crippen LogP contribution in [0.1, 0.15) is 59.9 Å². The second-order valence-corrected chi connectivity index (χ2v) is 19.4. The molecule has 0 bridgehead atoms. The number of anilines is 6. The lowest BCUT2D eigenvalue weighted by atomic mass is 9.82. The Morgan fingerprint density at radius 1 is 0.415 bits per heavy atom. The van der Waals surface area contributed by atoms with Crippen LogP contribution in [-0.2, 0) is 15.3 Å². The van der Waals surface area contributed by atoms with Crippen molar-refractivity contribution in [1.82, 2.24) is 0 Å². The van der Waals surface area contributed by atoms with E-state index in [2.05, 4.69) is 154 Å². The summed E-state index contributed by atoms with van der Waals surface area (Å²) in [5.41, 5.74) is 9.16. The lowest BCUT2D eigenvalue weighted by molar-refractivity contribution is 0.105. The molecule has 0 atom stereocenters. The highest BCUT2D eigenvalue weighted by molar-refractivity contribution is 7.91. The molecule has 0 unspecified atom stereocenters. The fourth-order valence-corrected chi connectivity index (χ4v) is 8.90. The third-order valence-electron chi connectivity index (χ3n) is 12.2. The maximum atomic E-state index is 13.5. The van der Waals surface area contributed by atoms with E-state index in [4.69, 9.17) is 9.47 Å². The SMILES string of the molecule is CCC(C)(C)Oc1cccc(N(c2ccccc2)c2ccc(-c3ccc(N(c4ccccc4)c4ccc(Oc5ccc(S(=O)(=O)c6ccc(C(C)(C)CC)cc6)cc5)cc4)cc3)cc2)c1. The molecule has 328 valence electrons. The number of nitrogens with zero attached hydrogens (tertiary/aromatic N) is 2. The van der Waals surface area contributed by atoms with Gasteiger partial charge < -0.3 is 19.3 Å². The van der Waals surface area contributed by atoms with E-state index in [1.54, 1.807) is 36.4 Å². The van der Waals surface area contributed by atoms with Crippen LogP contribution in [0.4, 0.5) is 34.1 Å². The first-order valence-electron chi connectivity index (χ1n) is 22.3. The molecule has 8 aromatic rings. The molecule has 0 fully saturated rings. The summed E-state index contributed by atoms with van der Waals surface area (Å²) >= 11 is 0. The Hall–Kier alpha value is -7.09. The van der Waals surface area contributed by atoms with Crippen molar-refractivity contribution in [3.05, 3.63) is 212 Å². The summed E-state index contributed by atoms with van der Waals surface area (Å²) in [7, 11) is -3.68. The maximum absolute atomic E-state index is 13.5. The van der Waals surface area contributed by atoms with Gasteiger partial charge in [-0.05, 0) is 170 Å². The Labute approximate surface area is 385 Å². The monoisotopic (exact) mass is 876 g/mol. The first-order chi connectivity index (χ1) is 31.3. The minimum atomic E-state index is -3.68. The van der Waals surface area contributed by atoms with Crippen LogP contribution < -0.4 is 19.3 Å². The summed E-state index contributed by atoms with van der Waals surface area (Å²) < 4.78 is 39.5. The van der Waals surface area contributed by atoms with E-state index in [0.29, 0.717) is 11.5 Å². The molecule has 0 amide bonds. The number of rotatable bonds is 16. The first kappa shape index (κ1) is 44.5. The molecule has 8 aromatic carbocycles. The van der Waals surface area contributed by atoms with Crippen molar-refractivity contribution in [2.75, 3.05) is 9.80 Å². The molecule has 0 aliphatic rings. The van der Waals surface area contributed by atoms with Crippen molar-refractivity contribution in [2.24, 2.45) is 0 Å². The minimum Gasteiger partial charge on any atom is -0.488 e. The van der Waals surface area contributed by atoms with Gasteiger partial charge in [-0.2, -0.15) is 0 Å². The van der Waals surface area contributed by atoms with Gasteiger partial charge >= 0.3 is 0 Å². The van der Waals surface area contributed by atoms with Gasteiger partial charge in [0.25, 0.3) is 0 Å². The molecule has 0 aromatic heterocycles. The molecule has 0 saturated heterocycles. The topological polar surface area (TPSA) is 59.1 Å². The Morgan fingerprint density at radius 3 is 1.28 bits per heavy atom. The molecule has 0 spiro atoms. The molecule has 0 aliphatic carbocycles. The highest BCUT2D eigenvalue weighted by atomic mass is 32.2. The molecule has 0 saturated carbocycles. The minimum absolute atomic E-state index is 0.0229. The molecule has 0 heterocycles. The van der Waals surface area contributed by atoms with Gasteiger partial charge in [0.1, 0.15) is 22.8 Å². The van der Waals surface area contributed by atoms with Gasteiger partial charge in [-0.15, -0.1) is 0 Å². The van der Waals surface area contributed by atoms with Crippen LogP contribution in [0.3, 0.4) is 0 Å². The zero-order chi connectivity index (χ0) is 45.6. The predicted octanol–water partition coefficient (Wildman–Crippen LogP) is 16.2. The van der Waals surface area contributed by atoms with Crippen LogP contribution >= 0.6 is 0 Å². The van der Waals surface area contributed by atoms with Gasteiger partial charge in [-0.25, -0.2) is 8.42 Å². The average molecular weight is 877 g/mol. The van der Waals surface area contributed by atoms with E-state index in [9.17, 15) is 8.42 Å². The largest absolute Gasteiger partial charge is 0.488 e. The number of hydrogen-bond donors (Lipinski definition) is 0. The summed E-state index contributed by atoms with van der Waals surface area (Å²) in [6, 6.07) is 68.0. The highest BCUT2D eigenvalue weighted by Crippen LogP contribution is 2.40. The van der Waals surface area contributed by atoms with E-state index < -0.39 is 9.84 Å². The number of sulfone groups is 1. The quantitative estimate of drug-likeness (QED) is 0.0964. The molecular formula is C58H56N2O4S. The fraction of sp³-hybridized carbons (Fsp3) is 0.172. The van der Waals surface area contributed by atoms with Gasteiger partial charge in [0.05, 0.1) is 9.79 Å².